The van der Waals surface area contributed by atoms with Gasteiger partial charge in [-0.15, -0.1) is 23.5 Å². The molecule has 0 radical (unpaired) electrons. The Bertz CT molecular complexity index is 3130. The van der Waals surface area contributed by atoms with Crippen molar-refractivity contribution in [3.63, 3.8) is 0 Å². The Hall–Kier alpha value is -4.06. The molecule has 39 heteroatoms. The molecule has 5 nitrogen and oxygen atoms in total. The molecule has 0 fully saturated rings. The van der Waals surface area contributed by atoms with Crippen molar-refractivity contribution < 1.29 is 119 Å². The first-order chi connectivity index (χ1) is 38.2. The van der Waals surface area contributed by atoms with Gasteiger partial charge in [0.2, 0.25) is 0 Å². The Morgan fingerprint density at radius 3 is 0.663 bits per heavy atom. The number of benzene rings is 2. The molecule has 23 heterocycles. The van der Waals surface area contributed by atoms with Crippen LogP contribution in [0.5, 0.6) is 0 Å². The van der Waals surface area contributed by atoms with E-state index in [1.165, 1.54) is 71.2 Å². The van der Waals surface area contributed by atoms with E-state index in [1.807, 2.05) is 70.6 Å². The maximum Gasteiger partial charge on any atom is 0.173 e. The summed E-state index contributed by atoms with van der Waals surface area (Å²) in [5.74, 6) is 0. The van der Waals surface area contributed by atoms with Crippen molar-refractivity contribution in [2.75, 3.05) is 12.5 Å². The summed E-state index contributed by atoms with van der Waals surface area (Å²) in [6.07, 6.45) is 26.1. The number of fused-ring (bicyclic) bond motifs is 1. The molecule has 18 aliphatic heterocycles. The summed E-state index contributed by atoms with van der Waals surface area (Å²) in [6, 6.07) is 35.5. The minimum absolute atomic E-state index is 0.854. The molecule has 7 aromatic rings. The first-order valence-electron chi connectivity index (χ1n) is 23.1. The maximum atomic E-state index is 9.87. The van der Waals surface area contributed by atoms with Gasteiger partial charge in [-0.05, 0) is 34.8 Å². The number of rotatable bonds is 2. The molecule has 0 spiro atoms. The monoisotopic (exact) mass is 1450 g/mol. The summed E-state index contributed by atoms with van der Waals surface area (Å²) in [7, 11) is -40.5. The second kappa shape index (κ2) is 23.3. The molecule has 0 atom stereocenters. The summed E-state index contributed by atoms with van der Waals surface area (Å²) in [5.41, 5.74) is 10.1. The zero-order chi connectivity index (χ0) is 65.1. The summed E-state index contributed by atoms with van der Waals surface area (Å²) in [6.45, 7) is 3.42. The van der Waals surface area contributed by atoms with Gasteiger partial charge in [-0.3, -0.25) is 0 Å². The maximum absolute atomic E-state index is 10.7. The van der Waals surface area contributed by atoms with Crippen molar-refractivity contribution in [1.82, 2.24) is 4.57 Å². The molecule has 0 unspecified atom stereocenters. The third-order valence-corrected chi connectivity index (χ3v) is 18.3. The van der Waals surface area contributed by atoms with E-state index in [0.29, 0.717) is 0 Å². The molecule has 480 valence electrons. The zero-order valence-corrected chi connectivity index (χ0v) is 51.9. The molecule has 86 heavy (non-hydrogen) atoms. The van der Waals surface area contributed by atoms with Gasteiger partial charge in [0.15, 0.2) is 75.8 Å². The Kier molecular flexibility index (Phi) is 19.7. The van der Waals surface area contributed by atoms with Crippen molar-refractivity contribution in [3.8, 4) is 22.3 Å². The van der Waals surface area contributed by atoms with E-state index in [1.54, 1.807) is 0 Å². The van der Waals surface area contributed by atoms with Gasteiger partial charge in [0, 0.05) is 100 Å². The number of thioether (sulfide) groups is 6. The van der Waals surface area contributed by atoms with Crippen molar-refractivity contribution in [1.29, 1.82) is 0 Å². The molecule has 2 aromatic carbocycles. The van der Waals surface area contributed by atoms with E-state index in [0.717, 1.165) is 26.2 Å². The number of halogens is 24. The first-order valence-corrected chi connectivity index (χ1v) is 36.9. The molecule has 25 rings (SSSR count). The van der Waals surface area contributed by atoms with Crippen LogP contribution < -0.4 is 18.3 Å². The average molecular weight is 1450 g/mol. The summed E-state index contributed by atoms with van der Waals surface area (Å²) < 4.78 is 254. The van der Waals surface area contributed by atoms with Crippen molar-refractivity contribution in [3.05, 3.63) is 198 Å². The van der Waals surface area contributed by atoms with Crippen molar-refractivity contribution in [2.24, 2.45) is 7.05 Å². The molecule has 18 aliphatic rings. The molecular formula is C47H43F24N5P4S6. The number of aromatic nitrogens is 5. The topological polar surface area (TPSA) is 20.4 Å². The number of nitrogens with zero attached hydrogens (tertiary/aromatic N) is 5. The minimum Gasteiger partial charge on any atom is -0.201 e. The van der Waals surface area contributed by atoms with Gasteiger partial charge in [0.1, 0.15) is 0 Å². The third kappa shape index (κ3) is 34.6. The van der Waals surface area contributed by atoms with E-state index in [9.17, 15) is 101 Å². The molecule has 0 amide bonds. The standard InChI is InChI=1S/C36H32N4.C11H11NS6.4F6P/c1-2-30-4-3-29(1)25-37-17-9-33(10-18-37)35-13-21-39(22-14-35)27-31-5-7-32(8-6-31)28-40-23-15-36(16-24-40)34-11-19-38(26-30)20-12-34;1-12-4-6-7(5-12)16-10(15-6)11-17-8(13-2)9(14-3)18-11;4*1-7(2,3,4,5)6/h1-24H,25-28H2;4-5H,1-3H3;;;;/q+4;;4*-1. The fourth-order valence-corrected chi connectivity index (χ4v) is 14.9. The van der Waals surface area contributed by atoms with Gasteiger partial charge in [-0.25, -0.2) is 18.3 Å². The molecule has 5 aromatic heterocycles. The zero-order valence-electron chi connectivity index (χ0n) is 43.4. The van der Waals surface area contributed by atoms with Crippen molar-refractivity contribution in [2.45, 2.75) is 36.0 Å². The van der Waals surface area contributed by atoms with Crippen LogP contribution in [0.3, 0.4) is 0 Å². The van der Waals surface area contributed by atoms with Gasteiger partial charge >= 0.3 is 132 Å². The molecule has 0 aliphatic carbocycles. The normalized spacial score (nSPS) is 17.4. The predicted octanol–water partition coefficient (Wildman–Crippen LogP) is 23.9. The van der Waals surface area contributed by atoms with Crippen LogP contribution in [0.15, 0.2) is 186 Å². The smallest absolute Gasteiger partial charge is 0.173 e. The van der Waals surface area contributed by atoms with Crippen LogP contribution in [0.1, 0.15) is 22.3 Å². The SMILES string of the molecule is CSC1=C(SC)SC(=C2Sc3cn(C)cc3S2)S1.F[P-](F)(F)(F)(F)F.F[P-](F)(F)(F)(F)F.F[P-](F)(F)(F)(F)F.F[P-](F)(F)(F)(F)F.c1cc2ccc1C[n+]1ccc(cc1)-c1cc[n+](cc1)Cc1ccc(cc1)C[n+]1ccc(cc1)-c1cc[n+](cc1)C2. The van der Waals surface area contributed by atoms with Crippen LogP contribution in [0, 0.1) is 0 Å². The quantitative estimate of drug-likeness (QED) is 0.0970. The second-order valence-electron chi connectivity index (χ2n) is 18.1. The van der Waals surface area contributed by atoms with Gasteiger partial charge in [0.25, 0.3) is 0 Å². The van der Waals surface area contributed by atoms with E-state index < -0.39 is 31.2 Å². The van der Waals surface area contributed by atoms with Crippen molar-refractivity contribution >= 4 is 102 Å². The molecule has 0 saturated heterocycles. The molecular weight excluding hydrogens is 1410 g/mol. The van der Waals surface area contributed by atoms with Gasteiger partial charge in [-0.1, -0.05) is 95.6 Å². The Morgan fingerprint density at radius 2 is 0.488 bits per heavy atom. The van der Waals surface area contributed by atoms with Crippen LogP contribution in [-0.4, -0.2) is 17.1 Å². The number of hydrogen-bond acceptors (Lipinski definition) is 6. The van der Waals surface area contributed by atoms with E-state index in [4.69, 9.17) is 0 Å². The van der Waals surface area contributed by atoms with E-state index in [2.05, 4.69) is 201 Å². The third-order valence-electron chi connectivity index (χ3n) is 10.1. The Balaban J connectivity index is 0.000000240. The Morgan fingerprint density at radius 1 is 0.314 bits per heavy atom. The molecule has 12 bridgehead atoms. The predicted molar refractivity (Wildman–Crippen MR) is 301 cm³/mol. The number of aryl methyl sites for hydroxylation is 1. The van der Waals surface area contributed by atoms with E-state index in [-0.39, 0.29) is 0 Å². The Labute approximate surface area is 498 Å². The van der Waals surface area contributed by atoms with Gasteiger partial charge in [-0.2, -0.15) is 0 Å². The van der Waals surface area contributed by atoms with E-state index >= 15 is 0 Å². The number of hydrogen-bond donors (Lipinski definition) is 0. The van der Waals surface area contributed by atoms with Crippen LogP contribution in [0.4, 0.5) is 101 Å². The summed E-state index contributed by atoms with van der Waals surface area (Å²) in [5, 5.41) is 0. The van der Waals surface area contributed by atoms with Crippen LogP contribution in [0.2, 0.25) is 0 Å². The molecule has 0 N–H and O–H groups in total. The fraction of sp³-hybridized carbons (Fsp3) is 0.149. The first kappa shape index (κ1) is 72.7. The van der Waals surface area contributed by atoms with Gasteiger partial charge < -0.3 is 4.57 Å². The molecule has 0 saturated carbocycles. The fourth-order valence-electron chi connectivity index (χ4n) is 6.96. The van der Waals surface area contributed by atoms with Crippen LogP contribution in [-0.2, 0) is 33.2 Å². The second-order valence-corrected chi connectivity index (χ2v) is 32.6. The minimum atomic E-state index is -10.7. The van der Waals surface area contributed by atoms with Gasteiger partial charge in [0.05, 0.1) is 16.9 Å². The van der Waals surface area contributed by atoms with Crippen LogP contribution in [0.25, 0.3) is 22.3 Å². The average Bonchev–Trinajstić information content (AvgIpc) is 1.61. The summed E-state index contributed by atoms with van der Waals surface area (Å²) in [4.78, 5) is 2.80. The largest absolute Gasteiger partial charge is 0.201 e. The summed E-state index contributed by atoms with van der Waals surface area (Å²) >= 11 is 11.4. The van der Waals surface area contributed by atoms with Crippen LogP contribution >= 0.6 is 102 Å². The number of pyridine rings is 4.